The Hall–Kier alpha value is -0.120. The zero-order valence-corrected chi connectivity index (χ0v) is 12.5. The predicted octanol–water partition coefficient (Wildman–Crippen LogP) is 2.26. The Morgan fingerprint density at radius 3 is 2.39 bits per heavy atom. The van der Waals surface area contributed by atoms with Gasteiger partial charge in [-0.3, -0.25) is 0 Å². The summed E-state index contributed by atoms with van der Waals surface area (Å²) in [6.07, 6.45) is 6.73. The molecule has 0 amide bonds. The molecule has 0 spiro atoms. The highest BCUT2D eigenvalue weighted by atomic mass is 16.5. The van der Waals surface area contributed by atoms with E-state index in [2.05, 4.69) is 31.1 Å². The Labute approximate surface area is 112 Å². The van der Waals surface area contributed by atoms with E-state index in [-0.39, 0.29) is 5.60 Å². The van der Waals surface area contributed by atoms with Crippen molar-refractivity contribution in [1.29, 1.82) is 0 Å². The first-order chi connectivity index (χ1) is 8.52. The van der Waals surface area contributed by atoms with Crippen molar-refractivity contribution in [3.8, 4) is 0 Å². The summed E-state index contributed by atoms with van der Waals surface area (Å²) >= 11 is 0. The normalized spacial score (nSPS) is 33.0. The van der Waals surface area contributed by atoms with Crippen molar-refractivity contribution >= 4 is 0 Å². The molecule has 2 aliphatic rings. The maximum Gasteiger partial charge on any atom is 0.0634 e. The highest BCUT2D eigenvalue weighted by Crippen LogP contribution is 2.36. The average molecular weight is 254 g/mol. The van der Waals surface area contributed by atoms with Crippen molar-refractivity contribution < 1.29 is 4.74 Å². The first-order valence-electron chi connectivity index (χ1n) is 7.49. The lowest BCUT2D eigenvalue weighted by Crippen LogP contribution is -2.43. The van der Waals surface area contributed by atoms with Crippen molar-refractivity contribution in [1.82, 2.24) is 10.2 Å². The summed E-state index contributed by atoms with van der Waals surface area (Å²) in [5, 5.41) is 3.63. The lowest BCUT2D eigenvalue weighted by atomic mass is 9.91. The van der Waals surface area contributed by atoms with Crippen molar-refractivity contribution in [3.05, 3.63) is 0 Å². The summed E-state index contributed by atoms with van der Waals surface area (Å²) in [5.74, 6) is 0.893. The van der Waals surface area contributed by atoms with E-state index in [0.29, 0.717) is 0 Å². The largest absolute Gasteiger partial charge is 0.379 e. The van der Waals surface area contributed by atoms with E-state index in [1.165, 1.54) is 32.2 Å². The molecule has 2 aliphatic heterocycles. The molecular weight excluding hydrogens is 224 g/mol. The fraction of sp³-hybridized carbons (Fsp3) is 1.00. The van der Waals surface area contributed by atoms with Gasteiger partial charge in [0.15, 0.2) is 0 Å². The van der Waals surface area contributed by atoms with Crippen LogP contribution in [0.3, 0.4) is 0 Å². The maximum atomic E-state index is 5.44. The van der Waals surface area contributed by atoms with Crippen LogP contribution in [0.15, 0.2) is 0 Å². The predicted molar refractivity (Wildman–Crippen MR) is 75.9 cm³/mol. The van der Waals surface area contributed by atoms with Gasteiger partial charge >= 0.3 is 0 Å². The van der Waals surface area contributed by atoms with Gasteiger partial charge < -0.3 is 15.0 Å². The van der Waals surface area contributed by atoms with Gasteiger partial charge in [-0.15, -0.1) is 0 Å². The monoisotopic (exact) mass is 254 g/mol. The molecule has 3 heteroatoms. The third-order valence-electron chi connectivity index (χ3n) is 5.09. The highest BCUT2D eigenvalue weighted by molar-refractivity contribution is 4.93. The fourth-order valence-electron chi connectivity index (χ4n) is 3.49. The average Bonchev–Trinajstić information content (AvgIpc) is 2.57. The van der Waals surface area contributed by atoms with Gasteiger partial charge in [-0.2, -0.15) is 0 Å². The molecule has 2 unspecified atom stereocenters. The molecule has 0 saturated carbocycles. The molecule has 0 aromatic carbocycles. The van der Waals surface area contributed by atoms with Gasteiger partial charge in [-0.25, -0.2) is 0 Å². The number of piperidine rings is 1. The van der Waals surface area contributed by atoms with Gasteiger partial charge in [0, 0.05) is 19.2 Å². The summed E-state index contributed by atoms with van der Waals surface area (Å²) in [6.45, 7) is 6.58. The number of fused-ring (bicyclic) bond motifs is 2. The molecule has 18 heavy (non-hydrogen) atoms. The Morgan fingerprint density at radius 1 is 1.22 bits per heavy atom. The van der Waals surface area contributed by atoms with Crippen LogP contribution in [-0.2, 0) is 4.74 Å². The second-order valence-electron chi connectivity index (χ2n) is 6.81. The second-order valence-corrected chi connectivity index (χ2v) is 6.81. The SMILES string of the molecule is COC(C)(C)CCNCC1CC2CCC(C1)N2C. The molecule has 2 saturated heterocycles. The van der Waals surface area contributed by atoms with Crippen molar-refractivity contribution in [2.24, 2.45) is 5.92 Å². The summed E-state index contributed by atoms with van der Waals surface area (Å²) in [5.41, 5.74) is 0.0127. The quantitative estimate of drug-likeness (QED) is 0.736. The summed E-state index contributed by atoms with van der Waals surface area (Å²) in [6, 6.07) is 1.73. The van der Waals surface area contributed by atoms with E-state index >= 15 is 0 Å². The van der Waals surface area contributed by atoms with Crippen LogP contribution >= 0.6 is 0 Å². The zero-order valence-electron chi connectivity index (χ0n) is 12.5. The molecule has 2 atom stereocenters. The first kappa shape index (κ1) is 14.3. The van der Waals surface area contributed by atoms with E-state index in [1.54, 1.807) is 7.11 Å². The van der Waals surface area contributed by atoms with Gasteiger partial charge in [0.05, 0.1) is 5.60 Å². The van der Waals surface area contributed by atoms with Crippen LogP contribution < -0.4 is 5.32 Å². The van der Waals surface area contributed by atoms with E-state index in [0.717, 1.165) is 31.0 Å². The molecule has 1 N–H and O–H groups in total. The molecule has 0 radical (unpaired) electrons. The minimum Gasteiger partial charge on any atom is -0.379 e. The van der Waals surface area contributed by atoms with E-state index < -0.39 is 0 Å². The zero-order chi connectivity index (χ0) is 13.2. The molecule has 2 heterocycles. The lowest BCUT2D eigenvalue weighted by Gasteiger charge is -2.36. The van der Waals surface area contributed by atoms with E-state index in [1.807, 2.05) is 0 Å². The third-order valence-corrected chi connectivity index (χ3v) is 5.09. The van der Waals surface area contributed by atoms with Crippen molar-refractivity contribution in [2.75, 3.05) is 27.2 Å². The standard InChI is InChI=1S/C15H30N2O/c1-15(2,18-4)7-8-16-11-12-9-13-5-6-14(10-12)17(13)3/h12-14,16H,5-11H2,1-4H3. The molecular formula is C15H30N2O. The van der Waals surface area contributed by atoms with Gasteiger partial charge in [0.1, 0.15) is 0 Å². The molecule has 2 fully saturated rings. The van der Waals surface area contributed by atoms with Crippen LogP contribution in [0, 0.1) is 5.92 Å². The Balaban J connectivity index is 1.64. The van der Waals surface area contributed by atoms with E-state index in [4.69, 9.17) is 4.74 Å². The van der Waals surface area contributed by atoms with Crippen LogP contribution in [0.4, 0.5) is 0 Å². The molecule has 0 aliphatic carbocycles. The van der Waals surface area contributed by atoms with Gasteiger partial charge in [0.2, 0.25) is 0 Å². The third kappa shape index (κ3) is 3.46. The maximum absolute atomic E-state index is 5.44. The molecule has 0 aromatic rings. The fourth-order valence-corrected chi connectivity index (χ4v) is 3.49. The van der Waals surface area contributed by atoms with Crippen LogP contribution in [0.25, 0.3) is 0 Å². The molecule has 2 rings (SSSR count). The number of rotatable bonds is 6. The number of nitrogens with one attached hydrogen (secondary N) is 1. The van der Waals surface area contributed by atoms with Gasteiger partial charge in [-0.05, 0) is 72.0 Å². The first-order valence-corrected chi connectivity index (χ1v) is 7.49. The minimum absolute atomic E-state index is 0.0127. The Kier molecular flexibility index (Phi) is 4.68. The van der Waals surface area contributed by atoms with Gasteiger partial charge in [0.25, 0.3) is 0 Å². The minimum atomic E-state index is 0.0127. The van der Waals surface area contributed by atoms with Crippen LogP contribution in [0.1, 0.15) is 46.0 Å². The molecule has 3 nitrogen and oxygen atoms in total. The van der Waals surface area contributed by atoms with Crippen LogP contribution in [0.5, 0.6) is 0 Å². The number of hydrogen-bond acceptors (Lipinski definition) is 3. The van der Waals surface area contributed by atoms with Crippen LogP contribution in [0.2, 0.25) is 0 Å². The summed E-state index contributed by atoms with van der Waals surface area (Å²) in [7, 11) is 4.11. The second kappa shape index (κ2) is 5.89. The van der Waals surface area contributed by atoms with E-state index in [9.17, 15) is 0 Å². The smallest absolute Gasteiger partial charge is 0.0634 e. The Bertz CT molecular complexity index is 253. The number of methoxy groups -OCH3 is 1. The number of nitrogens with zero attached hydrogens (tertiary/aromatic N) is 1. The lowest BCUT2D eigenvalue weighted by molar-refractivity contribution is 0.0154. The number of ether oxygens (including phenoxy) is 1. The summed E-state index contributed by atoms with van der Waals surface area (Å²) < 4.78 is 5.44. The molecule has 0 aromatic heterocycles. The Morgan fingerprint density at radius 2 is 1.83 bits per heavy atom. The van der Waals surface area contributed by atoms with Crippen LogP contribution in [-0.4, -0.2) is 49.8 Å². The van der Waals surface area contributed by atoms with Crippen molar-refractivity contribution in [2.45, 2.75) is 63.6 Å². The topological polar surface area (TPSA) is 24.5 Å². The highest BCUT2D eigenvalue weighted by Gasteiger charge is 2.37. The molecule has 2 bridgehead atoms. The molecule has 106 valence electrons. The number of hydrogen-bond donors (Lipinski definition) is 1. The van der Waals surface area contributed by atoms with Gasteiger partial charge in [-0.1, -0.05) is 0 Å². The summed E-state index contributed by atoms with van der Waals surface area (Å²) in [4.78, 5) is 2.62. The van der Waals surface area contributed by atoms with Crippen molar-refractivity contribution in [3.63, 3.8) is 0 Å².